The maximum atomic E-state index is 14.0. The van der Waals surface area contributed by atoms with Gasteiger partial charge in [-0.15, -0.1) is 0 Å². The fourth-order valence-corrected chi connectivity index (χ4v) is 2.16. The lowest BCUT2D eigenvalue weighted by Gasteiger charge is -2.28. The van der Waals surface area contributed by atoms with E-state index in [9.17, 15) is 8.78 Å². The van der Waals surface area contributed by atoms with Crippen LogP contribution in [0.5, 0.6) is 0 Å². The Morgan fingerprint density at radius 3 is 2.53 bits per heavy atom. The first-order valence-corrected chi connectivity index (χ1v) is 6.21. The monoisotopic (exact) mass is 282 g/mol. The molecule has 0 saturated heterocycles. The van der Waals surface area contributed by atoms with Crippen molar-refractivity contribution in [2.75, 3.05) is 0 Å². The minimum absolute atomic E-state index is 0.290. The highest BCUT2D eigenvalue weighted by Crippen LogP contribution is 2.31. The second-order valence-electron chi connectivity index (χ2n) is 4.31. The quantitative estimate of drug-likeness (QED) is 0.934. The van der Waals surface area contributed by atoms with Crippen molar-refractivity contribution in [1.82, 2.24) is 4.98 Å². The fraction of sp³-hybridized carbons (Fsp3) is 0.214. The van der Waals surface area contributed by atoms with Crippen LogP contribution in [0, 0.1) is 11.6 Å². The van der Waals surface area contributed by atoms with Gasteiger partial charge in [0.25, 0.3) is 0 Å². The maximum Gasteiger partial charge on any atom is 0.141 e. The van der Waals surface area contributed by atoms with Crippen LogP contribution >= 0.6 is 11.6 Å². The second kappa shape index (κ2) is 5.23. The van der Waals surface area contributed by atoms with E-state index in [0.29, 0.717) is 22.7 Å². The highest BCUT2D eigenvalue weighted by Gasteiger charge is 2.32. The van der Waals surface area contributed by atoms with Crippen LogP contribution in [0.4, 0.5) is 8.78 Å². The zero-order valence-corrected chi connectivity index (χ0v) is 11.1. The number of nitrogens with zero attached hydrogens (tertiary/aromatic N) is 1. The first kappa shape index (κ1) is 13.9. The van der Waals surface area contributed by atoms with E-state index in [4.69, 9.17) is 17.3 Å². The van der Waals surface area contributed by atoms with Crippen LogP contribution in [-0.2, 0) is 5.54 Å². The Morgan fingerprint density at radius 2 is 2.00 bits per heavy atom. The molecule has 0 aliphatic rings. The molecule has 0 radical (unpaired) electrons. The number of hydrogen-bond donors (Lipinski definition) is 1. The van der Waals surface area contributed by atoms with Gasteiger partial charge in [-0.05, 0) is 30.7 Å². The van der Waals surface area contributed by atoms with Crippen molar-refractivity contribution < 1.29 is 8.78 Å². The van der Waals surface area contributed by atoms with Crippen molar-refractivity contribution in [3.8, 4) is 0 Å². The molecule has 0 aliphatic heterocycles. The standard InChI is InChI=1S/C14H13ClF2N2/c1-2-14(18,13-6-4-10(16)8-19-13)11-5-3-9(15)7-12(11)17/h3-8H,2,18H2,1H3. The van der Waals surface area contributed by atoms with Crippen molar-refractivity contribution >= 4 is 11.6 Å². The number of nitrogens with two attached hydrogens (primary N) is 1. The Hall–Kier alpha value is -1.52. The molecule has 0 amide bonds. The van der Waals surface area contributed by atoms with E-state index < -0.39 is 17.2 Å². The van der Waals surface area contributed by atoms with Crippen molar-refractivity contribution in [1.29, 1.82) is 0 Å². The maximum absolute atomic E-state index is 14.0. The number of hydrogen-bond acceptors (Lipinski definition) is 2. The molecule has 1 aromatic carbocycles. The molecule has 0 spiro atoms. The van der Waals surface area contributed by atoms with Crippen LogP contribution in [0.2, 0.25) is 5.02 Å². The van der Waals surface area contributed by atoms with E-state index >= 15 is 0 Å². The van der Waals surface area contributed by atoms with Gasteiger partial charge in [-0.1, -0.05) is 24.6 Å². The normalized spacial score (nSPS) is 14.2. The molecular weight excluding hydrogens is 270 g/mol. The van der Waals surface area contributed by atoms with Gasteiger partial charge in [0, 0.05) is 10.6 Å². The smallest absolute Gasteiger partial charge is 0.141 e. The molecule has 1 heterocycles. The topological polar surface area (TPSA) is 38.9 Å². The number of pyridine rings is 1. The average Bonchev–Trinajstić information content (AvgIpc) is 2.38. The lowest BCUT2D eigenvalue weighted by Crippen LogP contribution is -2.39. The molecule has 0 saturated carbocycles. The Morgan fingerprint density at radius 1 is 1.26 bits per heavy atom. The van der Waals surface area contributed by atoms with Crippen LogP contribution in [-0.4, -0.2) is 4.98 Å². The molecule has 2 aromatic rings. The summed E-state index contributed by atoms with van der Waals surface area (Å²) in [6.07, 6.45) is 1.49. The Labute approximate surface area is 115 Å². The molecule has 1 unspecified atom stereocenters. The SMILES string of the molecule is CCC(N)(c1ccc(F)cn1)c1ccc(Cl)cc1F. The third kappa shape index (κ3) is 2.60. The van der Waals surface area contributed by atoms with Gasteiger partial charge < -0.3 is 5.73 Å². The molecule has 5 heteroatoms. The molecule has 1 atom stereocenters. The number of halogens is 3. The van der Waals surface area contributed by atoms with Gasteiger partial charge in [0.1, 0.15) is 11.6 Å². The van der Waals surface area contributed by atoms with Crippen molar-refractivity contribution in [3.63, 3.8) is 0 Å². The molecule has 100 valence electrons. The molecule has 2 nitrogen and oxygen atoms in total. The summed E-state index contributed by atoms with van der Waals surface area (Å²) in [5, 5.41) is 0.298. The average molecular weight is 283 g/mol. The highest BCUT2D eigenvalue weighted by atomic mass is 35.5. The zero-order valence-electron chi connectivity index (χ0n) is 10.3. The Bertz CT molecular complexity index is 586. The largest absolute Gasteiger partial charge is 0.316 e. The predicted octanol–water partition coefficient (Wildman–Crippen LogP) is 3.63. The van der Waals surface area contributed by atoms with Crippen LogP contribution < -0.4 is 5.73 Å². The first-order chi connectivity index (χ1) is 8.97. The molecule has 2 rings (SSSR count). The lowest BCUT2D eigenvalue weighted by molar-refractivity contribution is 0.465. The fourth-order valence-electron chi connectivity index (χ4n) is 2.00. The van der Waals surface area contributed by atoms with Gasteiger partial charge in [-0.2, -0.15) is 0 Å². The van der Waals surface area contributed by atoms with E-state index in [-0.39, 0.29) is 0 Å². The van der Waals surface area contributed by atoms with Gasteiger partial charge >= 0.3 is 0 Å². The number of benzene rings is 1. The Kier molecular flexibility index (Phi) is 3.83. The van der Waals surface area contributed by atoms with Crippen molar-refractivity contribution in [2.45, 2.75) is 18.9 Å². The molecule has 0 aliphatic carbocycles. The summed E-state index contributed by atoms with van der Waals surface area (Å²) >= 11 is 5.73. The Balaban J connectivity index is 2.56. The molecule has 19 heavy (non-hydrogen) atoms. The predicted molar refractivity (Wildman–Crippen MR) is 70.9 cm³/mol. The van der Waals surface area contributed by atoms with Crippen LogP contribution in [0.1, 0.15) is 24.6 Å². The van der Waals surface area contributed by atoms with Crippen molar-refractivity contribution in [2.24, 2.45) is 5.73 Å². The summed E-state index contributed by atoms with van der Waals surface area (Å²) in [5.41, 5.74) is 5.87. The molecule has 0 fully saturated rings. The first-order valence-electron chi connectivity index (χ1n) is 5.84. The highest BCUT2D eigenvalue weighted by molar-refractivity contribution is 6.30. The molecular formula is C14H13ClF2N2. The van der Waals surface area contributed by atoms with Crippen LogP contribution in [0.15, 0.2) is 36.5 Å². The van der Waals surface area contributed by atoms with Gasteiger partial charge in [0.15, 0.2) is 0 Å². The summed E-state index contributed by atoms with van der Waals surface area (Å²) in [6, 6.07) is 7.03. The number of rotatable bonds is 3. The van der Waals surface area contributed by atoms with Gasteiger partial charge in [-0.3, -0.25) is 4.98 Å². The second-order valence-corrected chi connectivity index (χ2v) is 4.75. The molecule has 0 bridgehead atoms. The summed E-state index contributed by atoms with van der Waals surface area (Å²) in [4.78, 5) is 3.96. The molecule has 1 aromatic heterocycles. The summed E-state index contributed by atoms with van der Waals surface area (Å²) < 4.78 is 26.9. The number of aromatic nitrogens is 1. The summed E-state index contributed by atoms with van der Waals surface area (Å²) in [6.45, 7) is 1.82. The van der Waals surface area contributed by atoms with Crippen LogP contribution in [0.3, 0.4) is 0 Å². The third-order valence-electron chi connectivity index (χ3n) is 3.15. The van der Waals surface area contributed by atoms with Gasteiger partial charge in [0.2, 0.25) is 0 Å². The van der Waals surface area contributed by atoms with E-state index in [1.807, 2.05) is 6.92 Å². The van der Waals surface area contributed by atoms with Crippen LogP contribution in [0.25, 0.3) is 0 Å². The van der Waals surface area contributed by atoms with Crippen molar-refractivity contribution in [3.05, 3.63) is 64.4 Å². The van der Waals surface area contributed by atoms with E-state index in [2.05, 4.69) is 4.98 Å². The zero-order chi connectivity index (χ0) is 14.0. The lowest BCUT2D eigenvalue weighted by atomic mass is 9.84. The molecule has 2 N–H and O–H groups in total. The van der Waals surface area contributed by atoms with Gasteiger partial charge in [0.05, 0.1) is 17.4 Å². The van der Waals surface area contributed by atoms with E-state index in [0.717, 1.165) is 6.20 Å². The summed E-state index contributed by atoms with van der Waals surface area (Å²) in [5.74, 6) is -0.957. The third-order valence-corrected chi connectivity index (χ3v) is 3.39. The van der Waals surface area contributed by atoms with Gasteiger partial charge in [-0.25, -0.2) is 8.78 Å². The van der Waals surface area contributed by atoms with E-state index in [1.165, 1.54) is 24.3 Å². The summed E-state index contributed by atoms with van der Waals surface area (Å²) in [7, 11) is 0. The minimum atomic E-state index is -1.11. The minimum Gasteiger partial charge on any atom is -0.316 e. The van der Waals surface area contributed by atoms with E-state index in [1.54, 1.807) is 6.07 Å².